The van der Waals surface area contributed by atoms with Crippen molar-refractivity contribution in [1.82, 2.24) is 4.98 Å². The lowest BCUT2D eigenvalue weighted by atomic mass is 10.2. The van der Waals surface area contributed by atoms with Gasteiger partial charge in [-0.25, -0.2) is 18.6 Å². The predicted molar refractivity (Wildman–Crippen MR) is 68.9 cm³/mol. The van der Waals surface area contributed by atoms with E-state index in [0.29, 0.717) is 4.60 Å². The molecule has 0 saturated carbocycles. The van der Waals surface area contributed by atoms with Crippen LogP contribution in [0.5, 0.6) is 5.88 Å². The second-order valence-electron chi connectivity index (χ2n) is 3.60. The van der Waals surface area contributed by atoms with Gasteiger partial charge < -0.3 is 4.74 Å². The number of halogens is 3. The Bertz CT molecular complexity index is 656. The molecule has 19 heavy (non-hydrogen) atoms. The van der Waals surface area contributed by atoms with Crippen molar-refractivity contribution >= 4 is 21.6 Å². The van der Waals surface area contributed by atoms with Crippen molar-refractivity contribution in [2.24, 2.45) is 0 Å². The van der Waals surface area contributed by atoms with E-state index in [-0.39, 0.29) is 23.7 Å². The Morgan fingerprint density at radius 3 is 2.68 bits per heavy atom. The largest absolute Gasteiger partial charge is 0.471 e. The van der Waals surface area contributed by atoms with Crippen LogP contribution >= 0.6 is 15.9 Å². The number of benzene rings is 1. The summed E-state index contributed by atoms with van der Waals surface area (Å²) in [5, 5.41) is 0. The van der Waals surface area contributed by atoms with Crippen LogP contribution in [0.15, 0.2) is 34.9 Å². The summed E-state index contributed by atoms with van der Waals surface area (Å²) in [7, 11) is 0. The van der Waals surface area contributed by atoms with E-state index in [1.165, 1.54) is 24.3 Å². The van der Waals surface area contributed by atoms with Gasteiger partial charge in [0.25, 0.3) is 5.88 Å². The zero-order chi connectivity index (χ0) is 13.8. The van der Waals surface area contributed by atoms with E-state index in [1.807, 2.05) is 0 Å². The number of hydrogen-bond acceptors (Lipinski definition) is 2. The fourth-order valence-corrected chi connectivity index (χ4v) is 1.66. The number of aromatic nitrogens is 1. The molecule has 3 nitrogen and oxygen atoms in total. The summed E-state index contributed by atoms with van der Waals surface area (Å²) in [6, 6.07) is 6.65. The lowest BCUT2D eigenvalue weighted by Crippen LogP contribution is -2.01. The fraction of sp³-hybridized carbons (Fsp3) is 0.0769. The first-order valence-corrected chi connectivity index (χ1v) is 6.00. The number of ether oxygens (including phenoxy) is 1. The molecule has 2 aromatic rings. The standard InChI is InChI=1S/C13H7BrF2N2O/c1-17-9-3-2-8(11(16)6-9)7-19-13-10(15)4-5-12(14)18-13/h2-6H,7H2. The van der Waals surface area contributed by atoms with Crippen LogP contribution in [-0.2, 0) is 6.61 Å². The molecular weight excluding hydrogens is 318 g/mol. The van der Waals surface area contributed by atoms with Crippen LogP contribution in [0.1, 0.15) is 5.56 Å². The van der Waals surface area contributed by atoms with Crippen molar-refractivity contribution < 1.29 is 13.5 Å². The third-order valence-corrected chi connectivity index (χ3v) is 2.75. The second kappa shape index (κ2) is 5.76. The highest BCUT2D eigenvalue weighted by Crippen LogP contribution is 2.21. The van der Waals surface area contributed by atoms with Gasteiger partial charge in [-0.05, 0) is 34.1 Å². The SMILES string of the molecule is [C-]#[N+]c1ccc(COc2nc(Br)ccc2F)c(F)c1. The third-order valence-electron chi connectivity index (χ3n) is 2.31. The Balaban J connectivity index is 2.15. The van der Waals surface area contributed by atoms with Crippen LogP contribution in [0.25, 0.3) is 4.85 Å². The van der Waals surface area contributed by atoms with Crippen LogP contribution in [0.3, 0.4) is 0 Å². The quantitative estimate of drug-likeness (QED) is 0.623. The minimum atomic E-state index is -0.624. The van der Waals surface area contributed by atoms with Crippen LogP contribution < -0.4 is 4.74 Å². The normalized spacial score (nSPS) is 10.0. The molecule has 1 aromatic carbocycles. The smallest absolute Gasteiger partial charge is 0.251 e. The highest BCUT2D eigenvalue weighted by Gasteiger charge is 2.09. The summed E-state index contributed by atoms with van der Waals surface area (Å²) >= 11 is 3.09. The van der Waals surface area contributed by atoms with Gasteiger partial charge in [-0.2, -0.15) is 0 Å². The molecule has 0 N–H and O–H groups in total. The first kappa shape index (κ1) is 13.4. The van der Waals surface area contributed by atoms with E-state index in [4.69, 9.17) is 11.3 Å². The van der Waals surface area contributed by atoms with E-state index >= 15 is 0 Å². The first-order chi connectivity index (χ1) is 9.10. The van der Waals surface area contributed by atoms with Gasteiger partial charge in [0.1, 0.15) is 17.0 Å². The molecule has 0 aliphatic carbocycles. The molecule has 1 aromatic heterocycles. The molecule has 6 heteroatoms. The molecule has 0 saturated heterocycles. The van der Waals surface area contributed by atoms with Gasteiger partial charge in [0, 0.05) is 5.56 Å². The number of nitrogens with zero attached hydrogens (tertiary/aromatic N) is 2. The van der Waals surface area contributed by atoms with Crippen molar-refractivity contribution in [3.05, 3.63) is 63.6 Å². The van der Waals surface area contributed by atoms with Crippen LogP contribution in [0.4, 0.5) is 14.5 Å². The van der Waals surface area contributed by atoms with Crippen molar-refractivity contribution in [2.75, 3.05) is 0 Å². The molecule has 0 radical (unpaired) electrons. The molecule has 2 rings (SSSR count). The maximum Gasteiger partial charge on any atom is 0.251 e. The molecule has 0 fully saturated rings. The monoisotopic (exact) mass is 324 g/mol. The summed E-state index contributed by atoms with van der Waals surface area (Å²) in [5.74, 6) is -1.40. The summed E-state index contributed by atoms with van der Waals surface area (Å²) in [6.45, 7) is 6.60. The second-order valence-corrected chi connectivity index (χ2v) is 4.41. The van der Waals surface area contributed by atoms with Crippen molar-refractivity contribution in [3.8, 4) is 5.88 Å². The number of pyridine rings is 1. The maximum absolute atomic E-state index is 13.6. The minimum absolute atomic E-state index is 0.162. The van der Waals surface area contributed by atoms with E-state index in [0.717, 1.165) is 6.07 Å². The molecule has 96 valence electrons. The lowest BCUT2D eigenvalue weighted by Gasteiger charge is -2.07. The predicted octanol–water partition coefficient (Wildman–Crippen LogP) is 4.25. The Kier molecular flexibility index (Phi) is 4.07. The molecule has 0 aliphatic rings. The van der Waals surface area contributed by atoms with Gasteiger partial charge in [-0.15, -0.1) is 0 Å². The van der Waals surface area contributed by atoms with Crippen LogP contribution in [0, 0.1) is 18.2 Å². The maximum atomic E-state index is 13.6. The molecule has 1 heterocycles. The summed E-state index contributed by atoms with van der Waals surface area (Å²) < 4.78 is 32.5. The lowest BCUT2D eigenvalue weighted by molar-refractivity contribution is 0.271. The van der Waals surface area contributed by atoms with E-state index < -0.39 is 11.6 Å². The minimum Gasteiger partial charge on any atom is -0.471 e. The molecule has 0 bridgehead atoms. The Hall–Kier alpha value is -2.00. The molecule has 0 amide bonds. The topological polar surface area (TPSA) is 26.5 Å². The number of hydrogen-bond donors (Lipinski definition) is 0. The summed E-state index contributed by atoms with van der Waals surface area (Å²) in [6.07, 6.45) is 0. The molecule has 0 aliphatic heterocycles. The third kappa shape index (κ3) is 3.26. The van der Waals surface area contributed by atoms with Gasteiger partial charge in [0.05, 0.1) is 6.57 Å². The average Bonchev–Trinajstić information content (AvgIpc) is 2.40. The van der Waals surface area contributed by atoms with E-state index in [1.54, 1.807) is 0 Å². The molecule has 0 spiro atoms. The van der Waals surface area contributed by atoms with Gasteiger partial charge in [-0.1, -0.05) is 12.1 Å². The van der Waals surface area contributed by atoms with E-state index in [2.05, 4.69) is 25.8 Å². The molecular formula is C13H7BrF2N2O. The highest BCUT2D eigenvalue weighted by molar-refractivity contribution is 9.10. The fourth-order valence-electron chi connectivity index (χ4n) is 1.37. The number of rotatable bonds is 3. The molecule has 0 atom stereocenters. The van der Waals surface area contributed by atoms with Crippen LogP contribution in [-0.4, -0.2) is 4.98 Å². The van der Waals surface area contributed by atoms with Gasteiger partial charge >= 0.3 is 0 Å². The van der Waals surface area contributed by atoms with Crippen molar-refractivity contribution in [1.29, 1.82) is 0 Å². The highest BCUT2D eigenvalue weighted by atomic mass is 79.9. The zero-order valence-corrected chi connectivity index (χ0v) is 11.1. The summed E-state index contributed by atoms with van der Waals surface area (Å²) in [4.78, 5) is 6.91. The van der Waals surface area contributed by atoms with Gasteiger partial charge in [-0.3, -0.25) is 0 Å². The molecule has 0 unspecified atom stereocenters. The average molecular weight is 325 g/mol. The van der Waals surface area contributed by atoms with Crippen LogP contribution in [0.2, 0.25) is 0 Å². The Morgan fingerprint density at radius 2 is 2.00 bits per heavy atom. The van der Waals surface area contributed by atoms with Gasteiger partial charge in [0.2, 0.25) is 0 Å². The van der Waals surface area contributed by atoms with Gasteiger partial charge in [0.15, 0.2) is 11.5 Å². The summed E-state index contributed by atoms with van der Waals surface area (Å²) in [5.41, 5.74) is 0.432. The van der Waals surface area contributed by atoms with Crippen molar-refractivity contribution in [2.45, 2.75) is 6.61 Å². The van der Waals surface area contributed by atoms with E-state index in [9.17, 15) is 8.78 Å². The first-order valence-electron chi connectivity index (χ1n) is 5.21. The van der Waals surface area contributed by atoms with Crippen molar-refractivity contribution in [3.63, 3.8) is 0 Å². The Morgan fingerprint density at radius 1 is 1.21 bits per heavy atom. The Labute approximate surface area is 116 Å². The zero-order valence-electron chi connectivity index (χ0n) is 9.53.